The van der Waals surface area contributed by atoms with Crippen LogP contribution in [-0.4, -0.2) is 12.1 Å². The Hall–Kier alpha value is -3.06. The molecule has 0 aromatic heterocycles. The molecule has 0 saturated heterocycles. The monoisotopic (exact) mass is 458 g/mol. The van der Waals surface area contributed by atoms with E-state index in [1.807, 2.05) is 0 Å². The van der Waals surface area contributed by atoms with E-state index in [4.69, 9.17) is 4.74 Å². The maximum Gasteiger partial charge on any atom is 0.244 e. The lowest BCUT2D eigenvalue weighted by Crippen LogP contribution is -2.19. The molecule has 0 aliphatic rings. The highest BCUT2D eigenvalue weighted by molar-refractivity contribution is 9.10. The van der Waals surface area contributed by atoms with Crippen molar-refractivity contribution in [3.63, 3.8) is 0 Å². The summed E-state index contributed by atoms with van der Waals surface area (Å²) >= 11 is 3.44. The highest BCUT2D eigenvalue weighted by atomic mass is 79.9. The van der Waals surface area contributed by atoms with Crippen molar-refractivity contribution in [3.8, 4) is 5.75 Å². The third-order valence-electron chi connectivity index (χ3n) is 3.94. The summed E-state index contributed by atoms with van der Waals surface area (Å²) in [6.45, 7) is 0.311. The molecule has 7 heteroatoms. The number of halogens is 3. The molecule has 0 fully saturated rings. The first-order chi connectivity index (χ1) is 14.0. The third kappa shape index (κ3) is 6.50. The Bertz CT molecular complexity index is 1010. The first-order valence-electron chi connectivity index (χ1n) is 8.73. The first kappa shape index (κ1) is 20.7. The second kappa shape index (κ2) is 9.93. The molecule has 148 valence electrons. The summed E-state index contributed by atoms with van der Waals surface area (Å²) < 4.78 is 32.3. The molecule has 0 unspecified atom stereocenters. The molecule has 0 radical (unpaired) electrons. The minimum atomic E-state index is -0.345. The SMILES string of the molecule is O=C(Cc1ccc(F)cc1)N/N=C/c1ccc(OCc2ccc(F)cc2)c(Br)c1. The van der Waals surface area contributed by atoms with Gasteiger partial charge in [0.2, 0.25) is 5.91 Å². The standard InChI is InChI=1S/C22H17BrF2N2O2/c23-20-11-17(5-10-21(20)29-14-16-3-8-19(25)9-4-16)13-26-27-22(28)12-15-1-6-18(24)7-2-15/h1-11,13H,12,14H2,(H,27,28)/b26-13+. The number of hydrogen-bond acceptors (Lipinski definition) is 3. The van der Waals surface area contributed by atoms with Crippen molar-refractivity contribution >= 4 is 28.1 Å². The van der Waals surface area contributed by atoms with Gasteiger partial charge in [-0.25, -0.2) is 14.2 Å². The molecule has 1 amide bonds. The van der Waals surface area contributed by atoms with Crippen LogP contribution in [0.25, 0.3) is 0 Å². The largest absolute Gasteiger partial charge is 0.488 e. The number of carbonyl (C=O) groups excluding carboxylic acids is 1. The van der Waals surface area contributed by atoms with Gasteiger partial charge >= 0.3 is 0 Å². The van der Waals surface area contributed by atoms with E-state index < -0.39 is 0 Å². The quantitative estimate of drug-likeness (QED) is 0.400. The van der Waals surface area contributed by atoms with Crippen LogP contribution in [0, 0.1) is 11.6 Å². The fraction of sp³-hybridized carbons (Fsp3) is 0.0909. The first-order valence-corrected chi connectivity index (χ1v) is 9.52. The number of amides is 1. The van der Waals surface area contributed by atoms with Gasteiger partial charge in [-0.15, -0.1) is 0 Å². The summed E-state index contributed by atoms with van der Waals surface area (Å²) in [4.78, 5) is 11.9. The van der Waals surface area contributed by atoms with Crippen molar-refractivity contribution in [2.24, 2.45) is 5.10 Å². The topological polar surface area (TPSA) is 50.7 Å². The van der Waals surface area contributed by atoms with E-state index in [0.29, 0.717) is 17.9 Å². The minimum Gasteiger partial charge on any atom is -0.488 e. The Balaban J connectivity index is 1.51. The van der Waals surface area contributed by atoms with Crippen molar-refractivity contribution in [1.29, 1.82) is 0 Å². The zero-order valence-electron chi connectivity index (χ0n) is 15.2. The predicted molar refractivity (Wildman–Crippen MR) is 111 cm³/mol. The van der Waals surface area contributed by atoms with Crippen LogP contribution in [0.15, 0.2) is 76.3 Å². The fourth-order valence-electron chi connectivity index (χ4n) is 2.46. The van der Waals surface area contributed by atoms with Gasteiger partial charge in [0.1, 0.15) is 24.0 Å². The van der Waals surface area contributed by atoms with Gasteiger partial charge in [-0.1, -0.05) is 24.3 Å². The number of benzene rings is 3. The van der Waals surface area contributed by atoms with Crippen LogP contribution in [0.2, 0.25) is 0 Å². The maximum absolute atomic E-state index is 12.9. The smallest absolute Gasteiger partial charge is 0.244 e. The number of carbonyl (C=O) groups is 1. The Labute approximate surface area is 175 Å². The highest BCUT2D eigenvalue weighted by Gasteiger charge is 2.04. The second-order valence-corrected chi connectivity index (χ2v) is 7.06. The van der Waals surface area contributed by atoms with Gasteiger partial charge in [-0.3, -0.25) is 4.79 Å². The van der Waals surface area contributed by atoms with Crippen LogP contribution >= 0.6 is 15.9 Å². The van der Waals surface area contributed by atoms with E-state index in [1.165, 1.54) is 30.5 Å². The molecule has 0 bridgehead atoms. The van der Waals surface area contributed by atoms with E-state index in [2.05, 4.69) is 26.5 Å². The average molecular weight is 459 g/mol. The number of nitrogens with one attached hydrogen (secondary N) is 1. The molecule has 0 atom stereocenters. The van der Waals surface area contributed by atoms with Crippen molar-refractivity contribution in [1.82, 2.24) is 5.43 Å². The summed E-state index contributed by atoms with van der Waals surface area (Å²) in [5, 5.41) is 3.93. The second-order valence-electron chi connectivity index (χ2n) is 6.20. The summed E-state index contributed by atoms with van der Waals surface area (Å²) in [7, 11) is 0. The molecule has 0 heterocycles. The van der Waals surface area contributed by atoms with E-state index in [9.17, 15) is 13.6 Å². The van der Waals surface area contributed by atoms with E-state index in [0.717, 1.165) is 15.6 Å². The van der Waals surface area contributed by atoms with E-state index in [1.54, 1.807) is 42.5 Å². The molecule has 3 aromatic rings. The van der Waals surface area contributed by atoms with Crippen LogP contribution in [-0.2, 0) is 17.8 Å². The molecule has 3 aromatic carbocycles. The molecule has 1 N–H and O–H groups in total. The van der Waals surface area contributed by atoms with Crippen molar-refractivity contribution in [2.45, 2.75) is 13.0 Å². The van der Waals surface area contributed by atoms with Gasteiger partial charge in [-0.05, 0) is 75.1 Å². The van der Waals surface area contributed by atoms with Crippen LogP contribution in [0.3, 0.4) is 0 Å². The number of nitrogens with zero attached hydrogens (tertiary/aromatic N) is 1. The average Bonchev–Trinajstić information content (AvgIpc) is 2.70. The van der Waals surface area contributed by atoms with Crippen LogP contribution in [0.4, 0.5) is 8.78 Å². The highest BCUT2D eigenvalue weighted by Crippen LogP contribution is 2.26. The Kier molecular flexibility index (Phi) is 7.08. The lowest BCUT2D eigenvalue weighted by molar-refractivity contribution is -0.120. The van der Waals surface area contributed by atoms with Crippen LogP contribution in [0.1, 0.15) is 16.7 Å². The molecular formula is C22H17BrF2N2O2. The zero-order valence-corrected chi connectivity index (χ0v) is 16.8. The molecular weight excluding hydrogens is 442 g/mol. The summed E-state index contributed by atoms with van der Waals surface area (Å²) in [5.41, 5.74) is 4.75. The lowest BCUT2D eigenvalue weighted by atomic mass is 10.1. The van der Waals surface area contributed by atoms with Crippen LogP contribution in [0.5, 0.6) is 5.75 Å². The molecule has 0 spiro atoms. The summed E-state index contributed by atoms with van der Waals surface area (Å²) in [6, 6.07) is 17.2. The van der Waals surface area contributed by atoms with Gasteiger partial charge < -0.3 is 4.74 Å². The third-order valence-corrected chi connectivity index (χ3v) is 4.56. The van der Waals surface area contributed by atoms with Crippen LogP contribution < -0.4 is 10.2 Å². The molecule has 0 aliphatic heterocycles. The predicted octanol–water partition coefficient (Wildman–Crippen LogP) is 5.00. The fourth-order valence-corrected chi connectivity index (χ4v) is 2.97. The van der Waals surface area contributed by atoms with Gasteiger partial charge in [0.25, 0.3) is 0 Å². The van der Waals surface area contributed by atoms with Crippen molar-refractivity contribution < 1.29 is 18.3 Å². The molecule has 3 rings (SSSR count). The zero-order chi connectivity index (χ0) is 20.6. The van der Waals surface area contributed by atoms with Gasteiger partial charge in [0.05, 0.1) is 17.1 Å². The number of hydrogen-bond donors (Lipinski definition) is 1. The van der Waals surface area contributed by atoms with Gasteiger partial charge in [0.15, 0.2) is 0 Å². The summed E-state index contributed by atoms with van der Waals surface area (Å²) in [6.07, 6.45) is 1.62. The molecule has 29 heavy (non-hydrogen) atoms. The number of ether oxygens (including phenoxy) is 1. The molecule has 0 aliphatic carbocycles. The Morgan fingerprint density at radius 1 is 0.966 bits per heavy atom. The Morgan fingerprint density at radius 2 is 1.59 bits per heavy atom. The lowest BCUT2D eigenvalue weighted by Gasteiger charge is -2.09. The van der Waals surface area contributed by atoms with Crippen molar-refractivity contribution in [2.75, 3.05) is 0 Å². The number of hydrazone groups is 1. The maximum atomic E-state index is 12.9. The van der Waals surface area contributed by atoms with E-state index in [-0.39, 0.29) is 24.0 Å². The molecule has 4 nitrogen and oxygen atoms in total. The van der Waals surface area contributed by atoms with E-state index >= 15 is 0 Å². The minimum absolute atomic E-state index is 0.109. The van der Waals surface area contributed by atoms with Crippen molar-refractivity contribution in [3.05, 3.63) is 99.5 Å². The molecule has 0 saturated carbocycles. The number of rotatable bonds is 7. The Morgan fingerprint density at radius 3 is 2.21 bits per heavy atom. The summed E-state index contributed by atoms with van der Waals surface area (Å²) in [5.74, 6) is -0.302. The normalized spacial score (nSPS) is 10.9. The van der Waals surface area contributed by atoms with Gasteiger partial charge in [-0.2, -0.15) is 5.10 Å². The van der Waals surface area contributed by atoms with Gasteiger partial charge in [0, 0.05) is 0 Å².